The van der Waals surface area contributed by atoms with Crippen LogP contribution in [0.15, 0.2) is 10.6 Å². The third-order valence-electron chi connectivity index (χ3n) is 4.46. The molecule has 108 valence electrons. The van der Waals surface area contributed by atoms with Crippen LogP contribution in [0.4, 0.5) is 0 Å². The molecule has 1 saturated heterocycles. The third-order valence-corrected chi connectivity index (χ3v) is 4.46. The highest BCUT2D eigenvalue weighted by atomic mass is 16.5. The van der Waals surface area contributed by atoms with E-state index in [4.69, 9.17) is 4.52 Å². The van der Waals surface area contributed by atoms with Crippen molar-refractivity contribution in [3.63, 3.8) is 0 Å². The van der Waals surface area contributed by atoms with Crippen molar-refractivity contribution in [1.29, 1.82) is 0 Å². The quantitative estimate of drug-likeness (QED) is 0.858. The molecule has 0 radical (unpaired) electrons. The summed E-state index contributed by atoms with van der Waals surface area (Å²) < 4.78 is 5.41. The van der Waals surface area contributed by atoms with E-state index in [1.807, 2.05) is 0 Å². The third kappa shape index (κ3) is 4.05. The summed E-state index contributed by atoms with van der Waals surface area (Å²) in [5.74, 6) is 0.994. The van der Waals surface area contributed by atoms with Crippen molar-refractivity contribution < 1.29 is 4.52 Å². The van der Waals surface area contributed by atoms with Crippen LogP contribution >= 0.6 is 0 Å². The van der Waals surface area contributed by atoms with Crippen LogP contribution < -0.4 is 5.32 Å². The molecule has 0 amide bonds. The van der Waals surface area contributed by atoms with E-state index in [2.05, 4.69) is 42.2 Å². The molecule has 1 aliphatic rings. The molecular formula is C15H27N3O. The second-order valence-corrected chi connectivity index (χ2v) is 6.01. The van der Waals surface area contributed by atoms with Gasteiger partial charge in [0.1, 0.15) is 0 Å². The van der Waals surface area contributed by atoms with Crippen LogP contribution in [0.5, 0.6) is 0 Å². The molecule has 4 nitrogen and oxygen atoms in total. The topological polar surface area (TPSA) is 41.3 Å². The first-order valence-corrected chi connectivity index (χ1v) is 7.53. The molecule has 1 fully saturated rings. The Kier molecular flexibility index (Phi) is 4.99. The van der Waals surface area contributed by atoms with Gasteiger partial charge in [-0.05, 0) is 37.9 Å². The highest BCUT2D eigenvalue weighted by Crippen LogP contribution is 2.34. The van der Waals surface area contributed by atoms with Gasteiger partial charge in [0.25, 0.3) is 0 Å². The number of hydrogen-bond acceptors (Lipinski definition) is 4. The molecule has 4 heteroatoms. The zero-order valence-electron chi connectivity index (χ0n) is 12.5. The van der Waals surface area contributed by atoms with Gasteiger partial charge in [-0.15, -0.1) is 0 Å². The normalized spacial score (nSPS) is 19.7. The van der Waals surface area contributed by atoms with Crippen molar-refractivity contribution in [2.45, 2.75) is 53.1 Å². The van der Waals surface area contributed by atoms with Gasteiger partial charge in [0.15, 0.2) is 5.76 Å². The van der Waals surface area contributed by atoms with Gasteiger partial charge in [0.2, 0.25) is 0 Å². The maximum Gasteiger partial charge on any atom is 0.151 e. The smallest absolute Gasteiger partial charge is 0.151 e. The molecule has 0 saturated carbocycles. The van der Waals surface area contributed by atoms with Crippen molar-refractivity contribution in [3.8, 4) is 0 Å². The lowest BCUT2D eigenvalue weighted by molar-refractivity contribution is 0.102. The molecule has 1 aromatic heterocycles. The number of nitrogens with one attached hydrogen (secondary N) is 1. The van der Waals surface area contributed by atoms with Crippen LogP contribution in [0.2, 0.25) is 0 Å². The van der Waals surface area contributed by atoms with Gasteiger partial charge < -0.3 is 9.84 Å². The molecule has 0 bridgehead atoms. The second-order valence-electron chi connectivity index (χ2n) is 6.01. The van der Waals surface area contributed by atoms with E-state index < -0.39 is 0 Å². The van der Waals surface area contributed by atoms with Crippen molar-refractivity contribution in [2.24, 2.45) is 5.41 Å². The number of nitrogens with zero attached hydrogens (tertiary/aromatic N) is 2. The Morgan fingerprint density at radius 1 is 1.37 bits per heavy atom. The average Bonchev–Trinajstić information content (AvgIpc) is 2.87. The lowest BCUT2D eigenvalue weighted by atomic mass is 9.78. The zero-order chi connectivity index (χ0) is 13.7. The fourth-order valence-corrected chi connectivity index (χ4v) is 2.59. The van der Waals surface area contributed by atoms with E-state index in [9.17, 15) is 0 Å². The predicted octanol–water partition coefficient (Wildman–Crippen LogP) is 2.80. The molecule has 0 spiro atoms. The number of hydrogen-bond donors (Lipinski definition) is 1. The molecule has 0 unspecified atom stereocenters. The van der Waals surface area contributed by atoms with Gasteiger partial charge in [-0.25, -0.2) is 0 Å². The lowest BCUT2D eigenvalue weighted by Gasteiger charge is -2.38. The Labute approximate surface area is 116 Å². The van der Waals surface area contributed by atoms with E-state index >= 15 is 0 Å². The Balaban J connectivity index is 1.80. The molecule has 1 N–H and O–H groups in total. The number of piperidine rings is 1. The van der Waals surface area contributed by atoms with Gasteiger partial charge in [0.05, 0.1) is 12.2 Å². The maximum atomic E-state index is 5.41. The number of rotatable bonds is 6. The molecule has 2 rings (SSSR count). The molecule has 0 aromatic carbocycles. The summed E-state index contributed by atoms with van der Waals surface area (Å²) in [4.78, 5) is 2.48. The van der Waals surface area contributed by atoms with Crippen molar-refractivity contribution in [2.75, 3.05) is 19.6 Å². The van der Waals surface area contributed by atoms with Crippen LogP contribution in [0.25, 0.3) is 0 Å². The van der Waals surface area contributed by atoms with E-state index in [1.54, 1.807) is 0 Å². The van der Waals surface area contributed by atoms with Gasteiger partial charge in [-0.3, -0.25) is 4.90 Å². The first-order valence-electron chi connectivity index (χ1n) is 7.53. The van der Waals surface area contributed by atoms with Gasteiger partial charge in [-0.2, -0.15) is 0 Å². The minimum absolute atomic E-state index is 0.550. The SMILES string of the molecule is CCNCc1cc(CN2CCC(C)(CC)CC2)on1. The van der Waals surface area contributed by atoms with E-state index in [1.165, 1.54) is 32.4 Å². The van der Waals surface area contributed by atoms with Gasteiger partial charge in [-0.1, -0.05) is 32.3 Å². The van der Waals surface area contributed by atoms with Crippen LogP contribution in [0, 0.1) is 5.41 Å². The van der Waals surface area contributed by atoms with Crippen molar-refractivity contribution in [1.82, 2.24) is 15.4 Å². The van der Waals surface area contributed by atoms with Crippen molar-refractivity contribution >= 4 is 0 Å². The average molecular weight is 265 g/mol. The van der Waals surface area contributed by atoms with Crippen LogP contribution in [0.3, 0.4) is 0 Å². The molecular weight excluding hydrogens is 238 g/mol. The molecule has 1 aromatic rings. The number of aromatic nitrogens is 1. The Bertz CT molecular complexity index is 380. The van der Waals surface area contributed by atoms with E-state index in [0.29, 0.717) is 5.41 Å². The summed E-state index contributed by atoms with van der Waals surface area (Å²) in [5.41, 5.74) is 1.56. The number of likely N-dealkylation sites (tertiary alicyclic amines) is 1. The second kappa shape index (κ2) is 6.53. The first-order chi connectivity index (χ1) is 9.15. The summed E-state index contributed by atoms with van der Waals surface area (Å²) in [6.45, 7) is 11.8. The highest BCUT2D eigenvalue weighted by Gasteiger charge is 2.28. The van der Waals surface area contributed by atoms with Gasteiger partial charge in [0, 0.05) is 12.6 Å². The summed E-state index contributed by atoms with van der Waals surface area (Å²) in [6, 6.07) is 2.08. The minimum atomic E-state index is 0.550. The predicted molar refractivity (Wildman–Crippen MR) is 76.8 cm³/mol. The first kappa shape index (κ1) is 14.5. The largest absolute Gasteiger partial charge is 0.360 e. The molecule has 0 aliphatic carbocycles. The maximum absolute atomic E-state index is 5.41. The zero-order valence-corrected chi connectivity index (χ0v) is 12.5. The summed E-state index contributed by atoms with van der Waals surface area (Å²) in [5, 5.41) is 7.36. The highest BCUT2D eigenvalue weighted by molar-refractivity contribution is 5.05. The summed E-state index contributed by atoms with van der Waals surface area (Å²) in [7, 11) is 0. The van der Waals surface area contributed by atoms with Crippen LogP contribution in [0.1, 0.15) is 51.5 Å². The standard InChI is InChI=1S/C15H27N3O/c1-4-15(3)6-8-18(9-7-15)12-14-10-13(17-19-14)11-16-5-2/h10,16H,4-9,11-12H2,1-3H3. The monoisotopic (exact) mass is 265 g/mol. The minimum Gasteiger partial charge on any atom is -0.360 e. The Morgan fingerprint density at radius 2 is 2.11 bits per heavy atom. The summed E-state index contributed by atoms with van der Waals surface area (Å²) >= 11 is 0. The molecule has 0 atom stereocenters. The van der Waals surface area contributed by atoms with E-state index in [-0.39, 0.29) is 0 Å². The Hall–Kier alpha value is -0.870. The summed E-state index contributed by atoms with van der Waals surface area (Å²) in [6.07, 6.45) is 3.87. The molecule has 2 heterocycles. The fourth-order valence-electron chi connectivity index (χ4n) is 2.59. The molecule has 19 heavy (non-hydrogen) atoms. The van der Waals surface area contributed by atoms with E-state index in [0.717, 1.165) is 31.1 Å². The lowest BCUT2D eigenvalue weighted by Crippen LogP contribution is -2.37. The fraction of sp³-hybridized carbons (Fsp3) is 0.800. The Morgan fingerprint density at radius 3 is 2.74 bits per heavy atom. The van der Waals surface area contributed by atoms with Gasteiger partial charge >= 0.3 is 0 Å². The van der Waals surface area contributed by atoms with Crippen molar-refractivity contribution in [3.05, 3.63) is 17.5 Å². The molecule has 1 aliphatic heterocycles. The van der Waals surface area contributed by atoms with Crippen LogP contribution in [-0.4, -0.2) is 29.7 Å². The van der Waals surface area contributed by atoms with Crippen LogP contribution in [-0.2, 0) is 13.1 Å².